The van der Waals surface area contributed by atoms with Gasteiger partial charge in [0.15, 0.2) is 10.7 Å². The molecule has 0 saturated heterocycles. The van der Waals surface area contributed by atoms with Crippen LogP contribution in [0.3, 0.4) is 0 Å². The van der Waals surface area contributed by atoms with Gasteiger partial charge in [0, 0.05) is 13.6 Å². The van der Waals surface area contributed by atoms with Crippen molar-refractivity contribution < 1.29 is 12.8 Å². The van der Waals surface area contributed by atoms with Gasteiger partial charge in [-0.05, 0) is 38.1 Å². The zero-order chi connectivity index (χ0) is 15.8. The van der Waals surface area contributed by atoms with Gasteiger partial charge in [0.25, 0.3) is 10.0 Å². The molecule has 6 nitrogen and oxygen atoms in total. The Labute approximate surface area is 123 Å². The van der Waals surface area contributed by atoms with Crippen LogP contribution >= 0.6 is 0 Å². The third kappa shape index (κ3) is 2.58. The highest BCUT2D eigenvalue weighted by atomic mass is 32.2. The minimum absolute atomic E-state index is 0.0174. The summed E-state index contributed by atoms with van der Waals surface area (Å²) in [6.07, 6.45) is 0. The Hall–Kier alpha value is -2.09. The number of sulfonamides is 1. The summed E-state index contributed by atoms with van der Waals surface area (Å²) in [6.45, 7) is 3.53. The molecule has 8 heteroatoms. The molecule has 2 aromatic rings. The van der Waals surface area contributed by atoms with Gasteiger partial charge in [-0.1, -0.05) is 0 Å². The first-order valence-electron chi connectivity index (χ1n) is 6.36. The van der Waals surface area contributed by atoms with Gasteiger partial charge in [0.2, 0.25) is 0 Å². The summed E-state index contributed by atoms with van der Waals surface area (Å²) >= 11 is 0. The maximum absolute atomic E-state index is 13.0. The van der Waals surface area contributed by atoms with E-state index < -0.39 is 15.8 Å². The van der Waals surface area contributed by atoms with Crippen LogP contribution in [0.1, 0.15) is 12.6 Å². The summed E-state index contributed by atoms with van der Waals surface area (Å²) < 4.78 is 41.2. The second kappa shape index (κ2) is 5.36. The molecule has 0 aliphatic rings. The second-order valence-electron chi connectivity index (χ2n) is 4.57. The number of nitrogens with zero attached hydrogens (tertiary/aromatic N) is 3. The number of benzene rings is 1. The van der Waals surface area contributed by atoms with Gasteiger partial charge < -0.3 is 5.73 Å². The molecule has 0 aliphatic heterocycles. The number of rotatable bonds is 4. The van der Waals surface area contributed by atoms with E-state index in [0.29, 0.717) is 11.4 Å². The Bertz CT molecular complexity index is 753. The maximum atomic E-state index is 13.0. The first kappa shape index (κ1) is 15.3. The topological polar surface area (TPSA) is 81.2 Å². The highest BCUT2D eigenvalue weighted by molar-refractivity contribution is 7.93. The van der Waals surface area contributed by atoms with Crippen molar-refractivity contribution in [2.24, 2.45) is 7.05 Å². The van der Waals surface area contributed by atoms with Crippen molar-refractivity contribution in [1.82, 2.24) is 9.78 Å². The quantitative estimate of drug-likeness (QED) is 0.931. The number of aryl methyl sites for hydroxylation is 1. The third-order valence-electron chi connectivity index (χ3n) is 3.25. The Kier molecular flexibility index (Phi) is 3.91. The van der Waals surface area contributed by atoms with Crippen LogP contribution in [0, 0.1) is 12.7 Å². The lowest BCUT2D eigenvalue weighted by atomic mass is 10.3. The molecule has 21 heavy (non-hydrogen) atoms. The molecule has 1 heterocycles. The minimum atomic E-state index is -3.85. The van der Waals surface area contributed by atoms with Gasteiger partial charge in [0.05, 0.1) is 11.4 Å². The van der Waals surface area contributed by atoms with Crippen molar-refractivity contribution in [2.45, 2.75) is 18.7 Å². The first-order chi connectivity index (χ1) is 9.78. The molecule has 2 N–H and O–H groups in total. The van der Waals surface area contributed by atoms with Crippen molar-refractivity contribution in [2.75, 3.05) is 16.6 Å². The van der Waals surface area contributed by atoms with Gasteiger partial charge in [-0.3, -0.25) is 8.99 Å². The van der Waals surface area contributed by atoms with E-state index in [-0.39, 0.29) is 17.3 Å². The highest BCUT2D eigenvalue weighted by Crippen LogP contribution is 2.29. The van der Waals surface area contributed by atoms with Crippen LogP contribution in [0.5, 0.6) is 0 Å². The Morgan fingerprint density at radius 1 is 1.33 bits per heavy atom. The van der Waals surface area contributed by atoms with Crippen molar-refractivity contribution in [1.29, 1.82) is 0 Å². The van der Waals surface area contributed by atoms with Gasteiger partial charge in [-0.15, -0.1) is 0 Å². The summed E-state index contributed by atoms with van der Waals surface area (Å²) in [5.74, 6) is -0.472. The molecule has 0 fully saturated rings. The molecule has 0 radical (unpaired) electrons. The van der Waals surface area contributed by atoms with Gasteiger partial charge in [-0.2, -0.15) is 5.10 Å². The second-order valence-corrected chi connectivity index (χ2v) is 6.37. The van der Waals surface area contributed by atoms with Crippen LogP contribution in [-0.2, 0) is 17.1 Å². The van der Waals surface area contributed by atoms with Gasteiger partial charge >= 0.3 is 0 Å². The lowest BCUT2D eigenvalue weighted by molar-refractivity contribution is 0.590. The largest absolute Gasteiger partial charge is 0.381 e. The summed E-state index contributed by atoms with van der Waals surface area (Å²) in [6, 6.07) is 5.26. The predicted molar refractivity (Wildman–Crippen MR) is 79.0 cm³/mol. The standard InChI is InChI=1S/C13H17FN4O2S/c1-4-18(11-7-5-10(14)6-8-11)21(19,20)12-9(2)17(3)16-13(12)15/h5-8H,4H2,1-3H3,(H2,15,16). The molecule has 0 bridgehead atoms. The van der Waals surface area contributed by atoms with E-state index in [9.17, 15) is 12.8 Å². The summed E-state index contributed by atoms with van der Waals surface area (Å²) in [4.78, 5) is -0.0174. The van der Waals surface area contributed by atoms with Crippen LogP contribution in [0.4, 0.5) is 15.9 Å². The van der Waals surface area contributed by atoms with E-state index >= 15 is 0 Å². The summed E-state index contributed by atoms with van der Waals surface area (Å²) in [5, 5.41) is 3.93. The molecule has 0 amide bonds. The van der Waals surface area contributed by atoms with Crippen molar-refractivity contribution in [3.63, 3.8) is 0 Å². The fourth-order valence-corrected chi connectivity index (χ4v) is 3.91. The van der Waals surface area contributed by atoms with Gasteiger partial charge in [0.1, 0.15) is 5.82 Å². The van der Waals surface area contributed by atoms with E-state index in [1.54, 1.807) is 20.9 Å². The predicted octanol–water partition coefficient (Wildman–Crippen LogP) is 1.67. The molecule has 0 aliphatic carbocycles. The number of hydrogen-bond donors (Lipinski definition) is 1. The molecule has 1 aromatic carbocycles. The van der Waals surface area contributed by atoms with Crippen LogP contribution < -0.4 is 10.0 Å². The fourth-order valence-electron chi connectivity index (χ4n) is 2.14. The monoisotopic (exact) mass is 312 g/mol. The highest BCUT2D eigenvalue weighted by Gasteiger charge is 2.30. The SMILES string of the molecule is CCN(c1ccc(F)cc1)S(=O)(=O)c1c(N)nn(C)c1C. The molecule has 1 aromatic heterocycles. The molecular weight excluding hydrogens is 295 g/mol. The lowest BCUT2D eigenvalue weighted by Crippen LogP contribution is -2.31. The van der Waals surface area contributed by atoms with Crippen LogP contribution in [0.2, 0.25) is 0 Å². The van der Waals surface area contributed by atoms with Crippen LogP contribution in [-0.4, -0.2) is 24.7 Å². The molecule has 0 saturated carbocycles. The molecule has 0 unspecified atom stereocenters. The number of halogens is 1. The van der Waals surface area contributed by atoms with E-state index in [1.165, 1.54) is 33.3 Å². The minimum Gasteiger partial charge on any atom is -0.381 e. The van der Waals surface area contributed by atoms with E-state index in [1.807, 2.05) is 0 Å². The van der Waals surface area contributed by atoms with E-state index in [2.05, 4.69) is 5.10 Å². The maximum Gasteiger partial charge on any atom is 0.269 e. The Morgan fingerprint density at radius 2 is 1.90 bits per heavy atom. The lowest BCUT2D eigenvalue weighted by Gasteiger charge is -2.22. The smallest absolute Gasteiger partial charge is 0.269 e. The number of hydrogen-bond acceptors (Lipinski definition) is 4. The van der Waals surface area contributed by atoms with E-state index in [4.69, 9.17) is 5.73 Å². The number of aromatic nitrogens is 2. The Balaban J connectivity index is 2.57. The average Bonchev–Trinajstić information content (AvgIpc) is 2.66. The molecule has 2 rings (SSSR count). The molecule has 0 atom stereocenters. The summed E-state index contributed by atoms with van der Waals surface area (Å²) in [5.41, 5.74) is 6.55. The summed E-state index contributed by atoms with van der Waals surface area (Å²) in [7, 11) is -2.23. The third-order valence-corrected chi connectivity index (χ3v) is 5.32. The average molecular weight is 312 g/mol. The van der Waals surface area contributed by atoms with Crippen molar-refractivity contribution >= 4 is 21.5 Å². The molecule has 0 spiro atoms. The van der Waals surface area contributed by atoms with Crippen LogP contribution in [0.15, 0.2) is 29.2 Å². The van der Waals surface area contributed by atoms with Crippen molar-refractivity contribution in [3.05, 3.63) is 35.8 Å². The fraction of sp³-hybridized carbons (Fsp3) is 0.308. The van der Waals surface area contributed by atoms with Gasteiger partial charge in [-0.25, -0.2) is 12.8 Å². The zero-order valence-corrected chi connectivity index (χ0v) is 12.9. The number of nitrogens with two attached hydrogens (primary N) is 1. The zero-order valence-electron chi connectivity index (χ0n) is 12.0. The molecular formula is C13H17FN4O2S. The van der Waals surface area contributed by atoms with Crippen molar-refractivity contribution in [3.8, 4) is 0 Å². The number of nitrogen functional groups attached to an aromatic ring is 1. The number of anilines is 2. The Morgan fingerprint density at radius 3 is 2.33 bits per heavy atom. The normalized spacial score (nSPS) is 11.6. The first-order valence-corrected chi connectivity index (χ1v) is 7.80. The van der Waals surface area contributed by atoms with Crippen LogP contribution in [0.25, 0.3) is 0 Å². The van der Waals surface area contributed by atoms with E-state index in [0.717, 1.165) is 0 Å². The molecule has 114 valence electrons.